The van der Waals surface area contributed by atoms with E-state index in [1.165, 1.54) is 0 Å². The molecule has 3 aliphatic rings. The van der Waals surface area contributed by atoms with Gasteiger partial charge in [-0.1, -0.05) is 37.6 Å². The van der Waals surface area contributed by atoms with E-state index in [4.69, 9.17) is 4.74 Å². The van der Waals surface area contributed by atoms with E-state index in [1.807, 2.05) is 45.0 Å². The third-order valence-corrected chi connectivity index (χ3v) is 10.7. The molecule has 2 aromatic rings. The molecule has 2 bridgehead atoms. The molecule has 3 fully saturated rings. The minimum absolute atomic E-state index is 0.0300. The van der Waals surface area contributed by atoms with Crippen LogP contribution in [0.15, 0.2) is 24.3 Å². The smallest absolute Gasteiger partial charge is 0.311 e. The highest BCUT2D eigenvalue weighted by Gasteiger charge is 2.78. The van der Waals surface area contributed by atoms with Crippen LogP contribution in [-0.4, -0.2) is 77.6 Å². The number of nitrogens with one attached hydrogen (secondary N) is 1. The third kappa shape index (κ3) is 3.84. The van der Waals surface area contributed by atoms with Crippen LogP contribution in [0.3, 0.4) is 0 Å². The fourth-order valence-electron chi connectivity index (χ4n) is 6.71. The van der Waals surface area contributed by atoms with Crippen LogP contribution < -0.4 is 5.32 Å². The molecule has 5 rings (SSSR count). The van der Waals surface area contributed by atoms with E-state index >= 15 is 0 Å². The van der Waals surface area contributed by atoms with Crippen LogP contribution in [0, 0.1) is 17.8 Å². The van der Waals surface area contributed by atoms with Gasteiger partial charge in [0.25, 0.3) is 0 Å². The van der Waals surface area contributed by atoms with Gasteiger partial charge in [-0.05, 0) is 44.7 Å². The largest absolute Gasteiger partial charge is 0.466 e. The number of aliphatic hydroxyl groups excluding tert-OH is 1. The Morgan fingerprint density at radius 3 is 2.76 bits per heavy atom. The van der Waals surface area contributed by atoms with E-state index in [1.54, 1.807) is 28.3 Å². The fraction of sp³-hybridized carbons (Fsp3) is 0.654. The number of para-hydroxylation sites is 1. The van der Waals surface area contributed by atoms with E-state index in [2.05, 4.69) is 15.6 Å². The summed E-state index contributed by atoms with van der Waals surface area (Å²) in [7, 11) is 0. The van der Waals surface area contributed by atoms with Gasteiger partial charge in [-0.25, -0.2) is 4.68 Å². The van der Waals surface area contributed by atoms with Gasteiger partial charge in [-0.3, -0.25) is 14.4 Å². The number of likely N-dealkylation sites (tertiary alicyclic amines) is 1. The van der Waals surface area contributed by atoms with E-state index < -0.39 is 33.4 Å². The number of thioether (sulfide) groups is 1. The molecule has 200 valence electrons. The summed E-state index contributed by atoms with van der Waals surface area (Å²) in [5, 5.41) is 21.7. The highest BCUT2D eigenvalue weighted by molar-refractivity contribution is 8.02. The summed E-state index contributed by atoms with van der Waals surface area (Å²) in [6.45, 7) is 7.82. The number of benzene rings is 1. The lowest BCUT2D eigenvalue weighted by Crippen LogP contribution is -2.58. The number of nitrogens with zero attached hydrogens (tertiary/aromatic N) is 4. The lowest BCUT2D eigenvalue weighted by atomic mass is 9.66. The van der Waals surface area contributed by atoms with Gasteiger partial charge in [0.15, 0.2) is 0 Å². The molecule has 3 aliphatic heterocycles. The second-order valence-corrected chi connectivity index (χ2v) is 12.5. The minimum atomic E-state index is -0.822. The maximum atomic E-state index is 14.2. The summed E-state index contributed by atoms with van der Waals surface area (Å²) in [5.74, 6) is -2.25. The standard InChI is InChI=1S/C26H35N5O5S/c1-5-15(3)18(13-32)31-21(22(33)27-14-30-17-10-8-7-9-16(17)28-29-30)26-12-11-25(4,37-26)20(19(26)23(31)34)24(35)36-6-2/h7-10,15,18-21,32H,5-6,11-14H2,1-4H3,(H,27,33)/t15-,18-,19-,20-,21?,25+,26?/m0/s1. The first-order chi connectivity index (χ1) is 17.7. The summed E-state index contributed by atoms with van der Waals surface area (Å²) >= 11 is 1.59. The first kappa shape index (κ1) is 26.0. The third-order valence-electron chi connectivity index (χ3n) is 8.67. The highest BCUT2D eigenvalue weighted by atomic mass is 32.2. The highest BCUT2D eigenvalue weighted by Crippen LogP contribution is 2.71. The monoisotopic (exact) mass is 529 g/mol. The van der Waals surface area contributed by atoms with E-state index in [0.29, 0.717) is 12.8 Å². The summed E-state index contributed by atoms with van der Waals surface area (Å²) in [5.41, 5.74) is 1.51. The van der Waals surface area contributed by atoms with Gasteiger partial charge in [0.2, 0.25) is 11.8 Å². The van der Waals surface area contributed by atoms with Crippen molar-refractivity contribution in [3.8, 4) is 0 Å². The van der Waals surface area contributed by atoms with Crippen LogP contribution in [0.2, 0.25) is 0 Å². The number of fused-ring (bicyclic) bond motifs is 2. The number of aromatic nitrogens is 3. The van der Waals surface area contributed by atoms with Crippen LogP contribution in [0.5, 0.6) is 0 Å². The van der Waals surface area contributed by atoms with Crippen molar-refractivity contribution in [3.63, 3.8) is 0 Å². The Labute approximate surface area is 220 Å². The molecular weight excluding hydrogens is 494 g/mol. The Hall–Kier alpha value is -2.66. The molecule has 37 heavy (non-hydrogen) atoms. The summed E-state index contributed by atoms with van der Waals surface area (Å²) < 4.78 is 5.80. The van der Waals surface area contributed by atoms with Crippen LogP contribution in [0.25, 0.3) is 11.0 Å². The number of carbonyl (C=O) groups is 3. The molecule has 0 saturated carbocycles. The fourth-order valence-corrected chi connectivity index (χ4v) is 9.04. The van der Waals surface area contributed by atoms with Crippen LogP contribution in [0.4, 0.5) is 0 Å². The molecular formula is C26H35N5O5S. The van der Waals surface area contributed by atoms with Crippen LogP contribution >= 0.6 is 11.8 Å². The molecule has 2 unspecified atom stereocenters. The molecule has 1 aromatic heterocycles. The number of hydrogen-bond acceptors (Lipinski definition) is 8. The molecule has 2 amide bonds. The van der Waals surface area contributed by atoms with Crippen molar-refractivity contribution in [2.75, 3.05) is 13.2 Å². The molecule has 7 atom stereocenters. The Morgan fingerprint density at radius 1 is 1.30 bits per heavy atom. The first-order valence-electron chi connectivity index (χ1n) is 13.1. The number of amides is 2. The molecule has 11 heteroatoms. The topological polar surface area (TPSA) is 127 Å². The van der Waals surface area contributed by atoms with Crippen molar-refractivity contribution in [2.45, 2.75) is 75.2 Å². The van der Waals surface area contributed by atoms with Crippen molar-refractivity contribution in [2.24, 2.45) is 17.8 Å². The number of carbonyl (C=O) groups excluding carboxylic acids is 3. The molecule has 1 aromatic carbocycles. The van der Waals surface area contributed by atoms with Gasteiger partial charge in [-0.2, -0.15) is 0 Å². The van der Waals surface area contributed by atoms with Gasteiger partial charge < -0.3 is 20.1 Å². The number of aliphatic hydroxyl groups is 1. The number of rotatable bonds is 9. The second-order valence-electron chi connectivity index (χ2n) is 10.6. The average Bonchev–Trinajstić information content (AvgIpc) is 3.59. The van der Waals surface area contributed by atoms with Crippen molar-refractivity contribution < 1.29 is 24.2 Å². The lowest BCUT2D eigenvalue weighted by molar-refractivity contribution is -0.155. The van der Waals surface area contributed by atoms with Crippen molar-refractivity contribution in [1.29, 1.82) is 0 Å². The van der Waals surface area contributed by atoms with Gasteiger partial charge in [0.1, 0.15) is 18.2 Å². The Balaban J connectivity index is 1.52. The molecule has 0 aliphatic carbocycles. The summed E-state index contributed by atoms with van der Waals surface area (Å²) in [6, 6.07) is 6.13. The molecule has 2 N–H and O–H groups in total. The SMILES string of the molecule is CCOC(=O)[C@@H]1[C@H]2C(=O)N([C@@H](CO)[C@@H](C)CC)C(C(=O)NCn3nnc4ccccc43)C23CC[C@@]1(C)S3. The Morgan fingerprint density at radius 2 is 2.05 bits per heavy atom. The predicted octanol–water partition coefficient (Wildman–Crippen LogP) is 1.96. The van der Waals surface area contributed by atoms with E-state index in [-0.39, 0.29) is 43.6 Å². The average molecular weight is 530 g/mol. The van der Waals surface area contributed by atoms with Crippen molar-refractivity contribution in [1.82, 2.24) is 25.2 Å². The zero-order valence-corrected chi connectivity index (χ0v) is 22.5. The van der Waals surface area contributed by atoms with E-state index in [0.717, 1.165) is 17.5 Å². The van der Waals surface area contributed by atoms with Gasteiger partial charge >= 0.3 is 5.97 Å². The maximum absolute atomic E-state index is 14.2. The summed E-state index contributed by atoms with van der Waals surface area (Å²) in [6.07, 6.45) is 2.08. The second kappa shape index (κ2) is 9.58. The predicted molar refractivity (Wildman–Crippen MR) is 138 cm³/mol. The zero-order chi connectivity index (χ0) is 26.5. The van der Waals surface area contributed by atoms with E-state index in [9.17, 15) is 19.5 Å². The molecule has 1 spiro atoms. The van der Waals surface area contributed by atoms with Gasteiger partial charge in [0.05, 0.1) is 41.4 Å². The Bertz CT molecular complexity index is 1220. The summed E-state index contributed by atoms with van der Waals surface area (Å²) in [4.78, 5) is 42.9. The zero-order valence-electron chi connectivity index (χ0n) is 21.7. The number of hydrogen-bond donors (Lipinski definition) is 2. The number of esters is 1. The van der Waals surface area contributed by atoms with Crippen molar-refractivity contribution >= 4 is 40.6 Å². The van der Waals surface area contributed by atoms with Crippen LogP contribution in [-0.2, 0) is 25.8 Å². The quantitative estimate of drug-likeness (QED) is 0.472. The molecule has 3 saturated heterocycles. The number of ether oxygens (including phenoxy) is 1. The Kier molecular flexibility index (Phi) is 6.72. The molecule has 0 radical (unpaired) electrons. The lowest BCUT2D eigenvalue weighted by Gasteiger charge is -2.39. The normalized spacial score (nSPS) is 32.0. The molecule has 4 heterocycles. The first-order valence-corrected chi connectivity index (χ1v) is 13.9. The minimum Gasteiger partial charge on any atom is -0.466 e. The van der Waals surface area contributed by atoms with Gasteiger partial charge in [0, 0.05) is 4.75 Å². The maximum Gasteiger partial charge on any atom is 0.311 e. The van der Waals surface area contributed by atoms with Crippen molar-refractivity contribution in [3.05, 3.63) is 24.3 Å². The van der Waals surface area contributed by atoms with Gasteiger partial charge in [-0.15, -0.1) is 16.9 Å². The molecule has 10 nitrogen and oxygen atoms in total. The van der Waals surface area contributed by atoms with Crippen LogP contribution in [0.1, 0.15) is 47.0 Å².